The van der Waals surface area contributed by atoms with Gasteiger partial charge in [0.1, 0.15) is 0 Å². The molecule has 0 spiro atoms. The van der Waals surface area contributed by atoms with Crippen molar-refractivity contribution in [1.82, 2.24) is 10.2 Å². The molecule has 88 valence electrons. The predicted molar refractivity (Wildman–Crippen MR) is 59.6 cm³/mol. The first-order valence-electron chi connectivity index (χ1n) is 5.62. The van der Waals surface area contributed by atoms with E-state index in [1.807, 2.05) is 25.7 Å². The van der Waals surface area contributed by atoms with Crippen LogP contribution in [0.1, 0.15) is 34.1 Å². The lowest BCUT2D eigenvalue weighted by molar-refractivity contribution is -0.139. The number of hydrogen-bond donors (Lipinski definition) is 2. The predicted octanol–water partition coefficient (Wildman–Crippen LogP) is 0.356. The van der Waals surface area contributed by atoms with Crippen LogP contribution in [-0.2, 0) is 4.79 Å². The van der Waals surface area contributed by atoms with Crippen LogP contribution in [0, 0.1) is 0 Å². The van der Waals surface area contributed by atoms with E-state index in [-0.39, 0.29) is 18.0 Å². The summed E-state index contributed by atoms with van der Waals surface area (Å²) < 4.78 is 0. The number of carbonyl (C=O) groups is 1. The minimum absolute atomic E-state index is 0.0554. The molecule has 0 aromatic rings. The van der Waals surface area contributed by atoms with Gasteiger partial charge in [0.2, 0.25) is 5.91 Å². The molecule has 1 aliphatic heterocycles. The van der Waals surface area contributed by atoms with Crippen LogP contribution in [0.2, 0.25) is 0 Å². The SMILES string of the molecule is CCC(C)NC(=O)C(C)N1CC(C)(O)C1. The molecule has 1 saturated heterocycles. The van der Waals surface area contributed by atoms with Crippen LogP contribution in [0.4, 0.5) is 0 Å². The van der Waals surface area contributed by atoms with Crippen molar-refractivity contribution in [2.75, 3.05) is 13.1 Å². The lowest BCUT2D eigenvalue weighted by Gasteiger charge is -2.46. The highest BCUT2D eigenvalue weighted by molar-refractivity contribution is 5.81. The van der Waals surface area contributed by atoms with Gasteiger partial charge in [-0.3, -0.25) is 9.69 Å². The number of rotatable bonds is 4. The molecule has 0 aromatic carbocycles. The van der Waals surface area contributed by atoms with Gasteiger partial charge in [-0.25, -0.2) is 0 Å². The standard InChI is InChI=1S/C11H22N2O2/c1-5-8(2)12-10(14)9(3)13-6-11(4,15)7-13/h8-9,15H,5-7H2,1-4H3,(H,12,14). The Morgan fingerprint density at radius 1 is 1.53 bits per heavy atom. The van der Waals surface area contributed by atoms with Gasteiger partial charge < -0.3 is 10.4 Å². The van der Waals surface area contributed by atoms with E-state index in [9.17, 15) is 9.90 Å². The molecule has 1 aliphatic rings. The number of amides is 1. The Kier molecular flexibility index (Phi) is 3.73. The molecule has 2 unspecified atom stereocenters. The van der Waals surface area contributed by atoms with E-state index < -0.39 is 5.60 Å². The molecule has 4 heteroatoms. The average Bonchev–Trinajstić information content (AvgIpc) is 2.12. The first kappa shape index (κ1) is 12.5. The van der Waals surface area contributed by atoms with Crippen LogP contribution >= 0.6 is 0 Å². The molecular weight excluding hydrogens is 192 g/mol. The van der Waals surface area contributed by atoms with Gasteiger partial charge in [0.25, 0.3) is 0 Å². The van der Waals surface area contributed by atoms with Gasteiger partial charge in [0.05, 0.1) is 11.6 Å². The third kappa shape index (κ3) is 3.18. The van der Waals surface area contributed by atoms with Crippen molar-refractivity contribution in [2.24, 2.45) is 0 Å². The summed E-state index contributed by atoms with van der Waals surface area (Å²) in [6.07, 6.45) is 0.941. The number of hydrogen-bond acceptors (Lipinski definition) is 3. The van der Waals surface area contributed by atoms with Crippen molar-refractivity contribution in [3.05, 3.63) is 0 Å². The van der Waals surface area contributed by atoms with Crippen LogP contribution in [0.5, 0.6) is 0 Å². The molecular formula is C11H22N2O2. The van der Waals surface area contributed by atoms with E-state index in [1.54, 1.807) is 6.92 Å². The van der Waals surface area contributed by atoms with Crippen LogP contribution in [0.25, 0.3) is 0 Å². The Morgan fingerprint density at radius 2 is 2.07 bits per heavy atom. The molecule has 0 bridgehead atoms. The number of aliphatic hydroxyl groups is 1. The van der Waals surface area contributed by atoms with Crippen molar-refractivity contribution in [2.45, 2.75) is 51.8 Å². The van der Waals surface area contributed by atoms with Crippen molar-refractivity contribution in [1.29, 1.82) is 0 Å². The maximum Gasteiger partial charge on any atom is 0.237 e. The quantitative estimate of drug-likeness (QED) is 0.710. The summed E-state index contributed by atoms with van der Waals surface area (Å²) in [4.78, 5) is 13.7. The molecule has 4 nitrogen and oxygen atoms in total. The summed E-state index contributed by atoms with van der Waals surface area (Å²) in [5.74, 6) is 0.0554. The molecule has 0 aliphatic carbocycles. The molecule has 1 fully saturated rings. The fourth-order valence-electron chi connectivity index (χ4n) is 1.73. The van der Waals surface area contributed by atoms with Crippen LogP contribution in [-0.4, -0.2) is 46.7 Å². The van der Waals surface area contributed by atoms with Gasteiger partial charge in [-0.2, -0.15) is 0 Å². The van der Waals surface area contributed by atoms with Crippen LogP contribution in [0.15, 0.2) is 0 Å². The molecule has 0 saturated carbocycles. The lowest BCUT2D eigenvalue weighted by atomic mass is 9.95. The minimum Gasteiger partial charge on any atom is -0.388 e. The number of nitrogens with one attached hydrogen (secondary N) is 1. The second-order valence-corrected chi connectivity index (χ2v) is 4.90. The highest BCUT2D eigenvalue weighted by atomic mass is 16.3. The van der Waals surface area contributed by atoms with E-state index in [2.05, 4.69) is 5.32 Å². The fraction of sp³-hybridized carbons (Fsp3) is 0.909. The first-order chi connectivity index (χ1) is 6.85. The van der Waals surface area contributed by atoms with E-state index >= 15 is 0 Å². The summed E-state index contributed by atoms with van der Waals surface area (Å²) in [7, 11) is 0. The molecule has 0 aromatic heterocycles. The summed E-state index contributed by atoms with van der Waals surface area (Å²) in [5, 5.41) is 12.5. The molecule has 0 radical (unpaired) electrons. The number of nitrogens with zero attached hydrogens (tertiary/aromatic N) is 1. The van der Waals surface area contributed by atoms with Crippen LogP contribution < -0.4 is 5.32 Å². The molecule has 2 atom stereocenters. The summed E-state index contributed by atoms with van der Waals surface area (Å²) in [6.45, 7) is 8.89. The smallest absolute Gasteiger partial charge is 0.237 e. The summed E-state index contributed by atoms with van der Waals surface area (Å²) in [5.41, 5.74) is -0.606. The molecule has 1 heterocycles. The van der Waals surface area contributed by atoms with Gasteiger partial charge >= 0.3 is 0 Å². The van der Waals surface area contributed by atoms with Crippen LogP contribution in [0.3, 0.4) is 0 Å². The Balaban J connectivity index is 2.35. The zero-order valence-electron chi connectivity index (χ0n) is 10.1. The molecule has 1 amide bonds. The highest BCUT2D eigenvalue weighted by Crippen LogP contribution is 2.22. The Morgan fingerprint density at radius 3 is 2.47 bits per heavy atom. The molecule has 2 N–H and O–H groups in total. The van der Waals surface area contributed by atoms with Gasteiger partial charge in [0, 0.05) is 19.1 Å². The molecule has 1 rings (SSSR count). The summed E-state index contributed by atoms with van der Waals surface area (Å²) in [6, 6.07) is 0.0842. The van der Waals surface area contributed by atoms with Crippen molar-refractivity contribution >= 4 is 5.91 Å². The zero-order chi connectivity index (χ0) is 11.6. The van der Waals surface area contributed by atoms with E-state index in [0.29, 0.717) is 13.1 Å². The average molecular weight is 214 g/mol. The van der Waals surface area contributed by atoms with Gasteiger partial charge in [-0.05, 0) is 27.2 Å². The lowest BCUT2D eigenvalue weighted by Crippen LogP contribution is -2.65. The Hall–Kier alpha value is -0.610. The first-order valence-corrected chi connectivity index (χ1v) is 5.62. The number of carbonyl (C=O) groups excluding carboxylic acids is 1. The topological polar surface area (TPSA) is 52.6 Å². The van der Waals surface area contributed by atoms with Gasteiger partial charge in [0.15, 0.2) is 0 Å². The number of β-amino-alcohol motifs (C(OH)–C–C–N with tert-alkyl or cyclic N) is 1. The maximum atomic E-state index is 11.7. The van der Waals surface area contributed by atoms with E-state index in [4.69, 9.17) is 0 Å². The maximum absolute atomic E-state index is 11.7. The fourth-order valence-corrected chi connectivity index (χ4v) is 1.73. The number of likely N-dealkylation sites (tertiary alicyclic amines) is 1. The minimum atomic E-state index is -0.606. The highest BCUT2D eigenvalue weighted by Gasteiger charge is 2.40. The van der Waals surface area contributed by atoms with Crippen molar-refractivity contribution < 1.29 is 9.90 Å². The van der Waals surface area contributed by atoms with Crippen molar-refractivity contribution in [3.8, 4) is 0 Å². The van der Waals surface area contributed by atoms with Gasteiger partial charge in [-0.1, -0.05) is 6.92 Å². The van der Waals surface area contributed by atoms with E-state index in [1.165, 1.54) is 0 Å². The normalized spacial score (nSPS) is 24.1. The Labute approximate surface area is 91.6 Å². The van der Waals surface area contributed by atoms with Gasteiger partial charge in [-0.15, -0.1) is 0 Å². The van der Waals surface area contributed by atoms with E-state index in [0.717, 1.165) is 6.42 Å². The zero-order valence-corrected chi connectivity index (χ0v) is 10.1. The monoisotopic (exact) mass is 214 g/mol. The Bertz CT molecular complexity index is 233. The molecule has 15 heavy (non-hydrogen) atoms. The third-order valence-corrected chi connectivity index (χ3v) is 3.02. The van der Waals surface area contributed by atoms with Crippen molar-refractivity contribution in [3.63, 3.8) is 0 Å². The summed E-state index contributed by atoms with van der Waals surface area (Å²) >= 11 is 0. The second-order valence-electron chi connectivity index (χ2n) is 4.90. The second kappa shape index (κ2) is 4.49. The third-order valence-electron chi connectivity index (χ3n) is 3.02. The largest absolute Gasteiger partial charge is 0.388 e.